The Hall–Kier alpha value is -3.15. The largest absolute Gasteiger partial charge is 0.418 e. The summed E-state index contributed by atoms with van der Waals surface area (Å²) in [4.78, 5) is 26.3. The lowest BCUT2D eigenvalue weighted by molar-refractivity contribution is -0.136. The van der Waals surface area contributed by atoms with E-state index in [-0.39, 0.29) is 29.2 Å². The monoisotopic (exact) mass is 452 g/mol. The number of carbonyl (C=O) groups is 1. The number of primary amides is 1. The summed E-state index contributed by atoms with van der Waals surface area (Å²) in [5.74, 6) is -0.0459. The number of halogens is 3. The average molecular weight is 452 g/mol. The smallest absolute Gasteiger partial charge is 0.366 e. The fourth-order valence-corrected chi connectivity index (χ4v) is 3.41. The Morgan fingerprint density at radius 3 is 2.59 bits per heavy atom. The minimum absolute atomic E-state index is 0.0675. The molecule has 0 radical (unpaired) electrons. The highest BCUT2D eigenvalue weighted by Crippen LogP contribution is 2.36. The number of hydrogen-bond donors (Lipinski definition) is 4. The molecule has 3 rings (SSSR count). The van der Waals surface area contributed by atoms with Crippen molar-refractivity contribution in [2.75, 3.05) is 42.2 Å². The molecule has 5 N–H and O–H groups in total. The maximum Gasteiger partial charge on any atom is 0.418 e. The molecule has 1 saturated heterocycles. The van der Waals surface area contributed by atoms with Crippen LogP contribution in [-0.4, -0.2) is 53.6 Å². The molecule has 1 aromatic carbocycles. The molecular weight excluding hydrogens is 425 g/mol. The van der Waals surface area contributed by atoms with Gasteiger partial charge in [0.05, 0.1) is 11.3 Å². The number of anilines is 4. The van der Waals surface area contributed by atoms with Crippen LogP contribution in [0.1, 0.15) is 36.2 Å². The lowest BCUT2D eigenvalue weighted by Crippen LogP contribution is -2.27. The quantitative estimate of drug-likeness (QED) is 0.482. The Labute approximate surface area is 184 Å². The third-order valence-corrected chi connectivity index (χ3v) is 4.85. The normalized spacial score (nSPS) is 16.3. The van der Waals surface area contributed by atoms with Crippen molar-refractivity contribution >= 4 is 29.4 Å². The van der Waals surface area contributed by atoms with E-state index in [9.17, 15) is 18.0 Å². The number of nitrogens with zero attached hydrogens (tertiary/aromatic N) is 4. The molecular formula is C20H27F3N8O. The minimum atomic E-state index is -4.65. The van der Waals surface area contributed by atoms with Gasteiger partial charge in [0.2, 0.25) is 23.8 Å². The number of alkyl halides is 3. The Bertz CT molecular complexity index is 960. The van der Waals surface area contributed by atoms with E-state index in [4.69, 9.17) is 5.73 Å². The first kappa shape index (κ1) is 23.5. The van der Waals surface area contributed by atoms with Gasteiger partial charge in [0.25, 0.3) is 0 Å². The van der Waals surface area contributed by atoms with Crippen LogP contribution in [0.25, 0.3) is 0 Å². The van der Waals surface area contributed by atoms with Crippen molar-refractivity contribution < 1.29 is 18.0 Å². The van der Waals surface area contributed by atoms with E-state index < -0.39 is 17.6 Å². The second-order valence-electron chi connectivity index (χ2n) is 8.14. The highest BCUT2D eigenvalue weighted by Gasteiger charge is 2.34. The maximum absolute atomic E-state index is 13.5. The topological polar surface area (TPSA) is 121 Å². The average Bonchev–Trinajstić information content (AvgIpc) is 3.19. The van der Waals surface area contributed by atoms with Crippen molar-refractivity contribution in [2.24, 2.45) is 11.7 Å². The molecule has 1 fully saturated rings. The summed E-state index contributed by atoms with van der Waals surface area (Å²) in [5.41, 5.74) is 3.85. The van der Waals surface area contributed by atoms with Gasteiger partial charge in [-0.2, -0.15) is 28.1 Å². The number of nitrogens with one attached hydrogen (secondary N) is 3. The van der Waals surface area contributed by atoms with Gasteiger partial charge >= 0.3 is 6.18 Å². The van der Waals surface area contributed by atoms with Gasteiger partial charge in [-0.25, -0.2) is 0 Å². The highest BCUT2D eigenvalue weighted by atomic mass is 19.4. The van der Waals surface area contributed by atoms with Gasteiger partial charge in [0.15, 0.2) is 0 Å². The number of carbonyl (C=O) groups excluding carboxylic acids is 1. The van der Waals surface area contributed by atoms with Crippen molar-refractivity contribution in [1.82, 2.24) is 20.3 Å². The van der Waals surface area contributed by atoms with Crippen LogP contribution in [-0.2, 0) is 6.18 Å². The molecule has 1 aliphatic rings. The van der Waals surface area contributed by atoms with Gasteiger partial charge in [0.1, 0.15) is 0 Å². The van der Waals surface area contributed by atoms with Crippen LogP contribution in [0.2, 0.25) is 0 Å². The predicted octanol–water partition coefficient (Wildman–Crippen LogP) is 2.60. The molecule has 0 spiro atoms. The molecule has 9 nitrogen and oxygen atoms in total. The SMILES string of the molecule is CC(C)CN(C)c1nc(Nc2cc(C(N)=O)ccc2C(F)(F)F)nc(N[C@@H]2CCNC2)n1. The van der Waals surface area contributed by atoms with Crippen molar-refractivity contribution in [3.8, 4) is 0 Å². The molecule has 0 unspecified atom stereocenters. The van der Waals surface area contributed by atoms with Crippen molar-refractivity contribution in [1.29, 1.82) is 0 Å². The summed E-state index contributed by atoms with van der Waals surface area (Å²) in [5, 5.41) is 9.04. The van der Waals surface area contributed by atoms with Crippen LogP contribution >= 0.6 is 0 Å². The lowest BCUT2D eigenvalue weighted by Gasteiger charge is -2.21. The Balaban J connectivity index is 2.00. The van der Waals surface area contributed by atoms with Gasteiger partial charge < -0.3 is 26.6 Å². The van der Waals surface area contributed by atoms with Crippen LogP contribution in [0.5, 0.6) is 0 Å². The number of benzene rings is 1. The molecule has 1 aromatic heterocycles. The molecule has 1 atom stereocenters. The van der Waals surface area contributed by atoms with E-state index >= 15 is 0 Å². The highest BCUT2D eigenvalue weighted by molar-refractivity contribution is 5.94. The van der Waals surface area contributed by atoms with Crippen molar-refractivity contribution in [3.63, 3.8) is 0 Å². The fourth-order valence-electron chi connectivity index (χ4n) is 3.41. The second-order valence-corrected chi connectivity index (χ2v) is 8.14. The van der Waals surface area contributed by atoms with Gasteiger partial charge in [-0.1, -0.05) is 13.8 Å². The standard InChI is InChI=1S/C20H27F3N8O/c1-11(2)10-31(3)19-29-17(26-13-6-7-25-9-13)28-18(30-19)27-15-8-12(16(24)32)4-5-14(15)20(21,22)23/h4-5,8,11,13,25H,6-7,9-10H2,1-3H3,(H2,24,32)(H2,26,27,28,29,30)/t13-/m1/s1. The number of nitrogens with two attached hydrogens (primary N) is 1. The van der Waals surface area contributed by atoms with E-state index in [1.807, 2.05) is 13.8 Å². The first-order valence-electron chi connectivity index (χ1n) is 10.3. The molecule has 0 saturated carbocycles. The third-order valence-electron chi connectivity index (χ3n) is 4.85. The maximum atomic E-state index is 13.5. The zero-order chi connectivity index (χ0) is 23.5. The lowest BCUT2D eigenvalue weighted by atomic mass is 10.1. The first-order valence-corrected chi connectivity index (χ1v) is 10.3. The van der Waals surface area contributed by atoms with E-state index in [1.54, 1.807) is 11.9 Å². The molecule has 0 aliphatic carbocycles. The van der Waals surface area contributed by atoms with E-state index in [0.717, 1.165) is 37.7 Å². The molecule has 1 amide bonds. The predicted molar refractivity (Wildman–Crippen MR) is 116 cm³/mol. The van der Waals surface area contributed by atoms with Crippen LogP contribution in [0, 0.1) is 5.92 Å². The summed E-state index contributed by atoms with van der Waals surface area (Å²) < 4.78 is 40.6. The first-order chi connectivity index (χ1) is 15.0. The molecule has 174 valence electrons. The summed E-state index contributed by atoms with van der Waals surface area (Å²) >= 11 is 0. The van der Waals surface area contributed by atoms with Crippen LogP contribution in [0.15, 0.2) is 18.2 Å². The zero-order valence-electron chi connectivity index (χ0n) is 18.1. The van der Waals surface area contributed by atoms with Crippen LogP contribution in [0.4, 0.5) is 36.7 Å². The fraction of sp³-hybridized carbons (Fsp3) is 0.500. The molecule has 2 heterocycles. The summed E-state index contributed by atoms with van der Waals surface area (Å²) in [6.07, 6.45) is -3.79. The van der Waals surface area contributed by atoms with Gasteiger partial charge in [-0.3, -0.25) is 4.79 Å². The number of hydrogen-bond acceptors (Lipinski definition) is 8. The number of aromatic nitrogens is 3. The van der Waals surface area contributed by atoms with Gasteiger partial charge in [-0.05, 0) is 37.1 Å². The summed E-state index contributed by atoms with van der Waals surface area (Å²) in [6, 6.07) is 2.97. The van der Waals surface area contributed by atoms with Crippen LogP contribution < -0.4 is 26.6 Å². The Morgan fingerprint density at radius 1 is 1.28 bits per heavy atom. The van der Waals surface area contributed by atoms with Crippen LogP contribution in [0.3, 0.4) is 0 Å². The Morgan fingerprint density at radius 2 is 2.00 bits per heavy atom. The van der Waals surface area contributed by atoms with Gasteiger partial charge in [-0.15, -0.1) is 0 Å². The summed E-state index contributed by atoms with van der Waals surface area (Å²) in [7, 11) is 1.80. The minimum Gasteiger partial charge on any atom is -0.366 e. The second kappa shape index (κ2) is 9.55. The third kappa shape index (κ3) is 5.96. The van der Waals surface area contributed by atoms with E-state index in [1.165, 1.54) is 0 Å². The molecule has 1 aliphatic heterocycles. The molecule has 12 heteroatoms. The number of rotatable bonds is 8. The number of amides is 1. The van der Waals surface area contributed by atoms with E-state index in [2.05, 4.69) is 30.9 Å². The molecule has 0 bridgehead atoms. The van der Waals surface area contributed by atoms with Crippen molar-refractivity contribution in [2.45, 2.75) is 32.5 Å². The molecule has 32 heavy (non-hydrogen) atoms. The van der Waals surface area contributed by atoms with Crippen molar-refractivity contribution in [3.05, 3.63) is 29.3 Å². The van der Waals surface area contributed by atoms with Gasteiger partial charge in [0, 0.05) is 31.7 Å². The summed E-state index contributed by atoms with van der Waals surface area (Å²) in [6.45, 7) is 6.28. The molecule has 2 aromatic rings. The van der Waals surface area contributed by atoms with E-state index in [0.29, 0.717) is 18.4 Å². The Kier molecular flexibility index (Phi) is 7.02. The zero-order valence-corrected chi connectivity index (χ0v) is 18.1.